The Labute approximate surface area is 162 Å². The summed E-state index contributed by atoms with van der Waals surface area (Å²) < 4.78 is 0. The molecule has 0 amide bonds. The molecular formula is C25H39N. The van der Waals surface area contributed by atoms with E-state index in [0.717, 1.165) is 6.42 Å². The quantitative estimate of drug-likeness (QED) is 0.350. The Balaban J connectivity index is 3.30. The number of hydrogen-bond acceptors (Lipinski definition) is 1. The summed E-state index contributed by atoms with van der Waals surface area (Å²) in [7, 11) is 0. The van der Waals surface area contributed by atoms with E-state index in [4.69, 9.17) is 0 Å². The highest BCUT2D eigenvalue weighted by atomic mass is 14.7. The molecule has 0 bridgehead atoms. The summed E-state index contributed by atoms with van der Waals surface area (Å²) in [6.07, 6.45) is 7.47. The highest BCUT2D eigenvalue weighted by Crippen LogP contribution is 2.35. The third-order valence-corrected chi connectivity index (χ3v) is 5.87. The standard InChI is InChI=1S/C25H39N/c1-11-17(5)24(13-16(3)4)21(9)19(7)20(8)22(10)25-14-23(12-2)26-15-18(25)6/h11,13-17,20,22H,1,12H2,2-10H3/t17?,20?,22-/m0/s1. The number of pyridine rings is 1. The maximum absolute atomic E-state index is 4.54. The molecule has 0 aliphatic heterocycles. The highest BCUT2D eigenvalue weighted by molar-refractivity contribution is 5.39. The van der Waals surface area contributed by atoms with Crippen LogP contribution in [0.5, 0.6) is 0 Å². The zero-order valence-corrected chi connectivity index (χ0v) is 18.5. The molecule has 0 aliphatic carbocycles. The third kappa shape index (κ3) is 5.43. The lowest BCUT2D eigenvalue weighted by Crippen LogP contribution is -2.13. The predicted molar refractivity (Wildman–Crippen MR) is 117 cm³/mol. The Bertz CT molecular complexity index is 675. The SMILES string of the molecule is C=CC(C)C(=CC(C)C)C(C)=C(C)C(C)[C@H](C)c1cc(CC)ncc1C. The van der Waals surface area contributed by atoms with Gasteiger partial charge < -0.3 is 0 Å². The summed E-state index contributed by atoms with van der Waals surface area (Å²) in [5, 5.41) is 0. The van der Waals surface area contributed by atoms with E-state index in [-0.39, 0.29) is 0 Å². The van der Waals surface area contributed by atoms with Gasteiger partial charge in [0.25, 0.3) is 0 Å². The number of aromatic nitrogens is 1. The molecule has 144 valence electrons. The average molecular weight is 354 g/mol. The summed E-state index contributed by atoms with van der Waals surface area (Å²) in [6.45, 7) is 24.4. The van der Waals surface area contributed by atoms with Crippen LogP contribution in [0.2, 0.25) is 0 Å². The van der Waals surface area contributed by atoms with Crippen molar-refractivity contribution in [1.82, 2.24) is 4.98 Å². The first-order valence-corrected chi connectivity index (χ1v) is 10.1. The van der Waals surface area contributed by atoms with E-state index in [9.17, 15) is 0 Å². The lowest BCUT2D eigenvalue weighted by atomic mass is 9.78. The lowest BCUT2D eigenvalue weighted by molar-refractivity contribution is 0.551. The van der Waals surface area contributed by atoms with E-state index in [1.165, 1.54) is 33.5 Å². The Kier molecular flexibility index (Phi) is 8.53. The molecule has 0 saturated heterocycles. The Morgan fingerprint density at radius 1 is 1.15 bits per heavy atom. The number of nitrogens with zero attached hydrogens (tertiary/aromatic N) is 1. The van der Waals surface area contributed by atoms with Gasteiger partial charge in [-0.15, -0.1) is 6.58 Å². The van der Waals surface area contributed by atoms with Crippen LogP contribution in [0.25, 0.3) is 0 Å². The van der Waals surface area contributed by atoms with Crippen LogP contribution in [0.4, 0.5) is 0 Å². The van der Waals surface area contributed by atoms with Crippen LogP contribution in [-0.4, -0.2) is 4.98 Å². The van der Waals surface area contributed by atoms with Gasteiger partial charge >= 0.3 is 0 Å². The fourth-order valence-corrected chi connectivity index (χ4v) is 3.59. The molecule has 1 rings (SSSR count). The van der Waals surface area contributed by atoms with Crippen LogP contribution in [0.3, 0.4) is 0 Å². The second kappa shape index (κ2) is 9.90. The summed E-state index contributed by atoms with van der Waals surface area (Å²) in [5.41, 5.74) is 8.24. The van der Waals surface area contributed by atoms with Crippen molar-refractivity contribution in [3.8, 4) is 0 Å². The minimum atomic E-state index is 0.379. The van der Waals surface area contributed by atoms with Crippen LogP contribution in [-0.2, 0) is 6.42 Å². The summed E-state index contributed by atoms with van der Waals surface area (Å²) in [4.78, 5) is 4.54. The maximum atomic E-state index is 4.54. The van der Waals surface area contributed by atoms with Gasteiger partial charge in [0.15, 0.2) is 0 Å². The fraction of sp³-hybridized carbons (Fsp3) is 0.560. The minimum absolute atomic E-state index is 0.379. The summed E-state index contributed by atoms with van der Waals surface area (Å²) >= 11 is 0. The molecule has 1 nitrogen and oxygen atoms in total. The fourth-order valence-electron chi connectivity index (χ4n) is 3.59. The largest absolute Gasteiger partial charge is 0.261 e. The molecule has 0 N–H and O–H groups in total. The van der Waals surface area contributed by atoms with Crippen molar-refractivity contribution in [2.45, 2.75) is 74.7 Å². The van der Waals surface area contributed by atoms with Crippen molar-refractivity contribution < 1.29 is 0 Å². The molecule has 0 fully saturated rings. The van der Waals surface area contributed by atoms with E-state index in [1.54, 1.807) is 0 Å². The molecule has 3 atom stereocenters. The van der Waals surface area contributed by atoms with E-state index < -0.39 is 0 Å². The normalized spacial score (nSPS) is 16.9. The molecule has 1 heterocycles. The Morgan fingerprint density at radius 2 is 1.77 bits per heavy atom. The van der Waals surface area contributed by atoms with Crippen LogP contribution in [0.15, 0.2) is 47.7 Å². The van der Waals surface area contributed by atoms with Crippen LogP contribution < -0.4 is 0 Å². The van der Waals surface area contributed by atoms with Crippen molar-refractivity contribution in [2.24, 2.45) is 17.8 Å². The van der Waals surface area contributed by atoms with Crippen LogP contribution >= 0.6 is 0 Å². The number of rotatable bonds is 8. The molecule has 0 aromatic carbocycles. The first-order chi connectivity index (χ1) is 12.1. The molecule has 0 radical (unpaired) electrons. The number of hydrogen-bond donors (Lipinski definition) is 0. The zero-order valence-electron chi connectivity index (χ0n) is 18.5. The third-order valence-electron chi connectivity index (χ3n) is 5.87. The second-order valence-electron chi connectivity index (χ2n) is 8.16. The average Bonchev–Trinajstić information content (AvgIpc) is 2.63. The van der Waals surface area contributed by atoms with Gasteiger partial charge in [0.1, 0.15) is 0 Å². The van der Waals surface area contributed by atoms with Crippen molar-refractivity contribution >= 4 is 0 Å². The van der Waals surface area contributed by atoms with Gasteiger partial charge in [-0.1, -0.05) is 59.3 Å². The van der Waals surface area contributed by atoms with E-state index in [1.807, 2.05) is 6.20 Å². The molecule has 0 saturated carbocycles. The molecule has 1 aromatic rings. The molecule has 1 heteroatoms. The monoisotopic (exact) mass is 353 g/mol. The van der Waals surface area contributed by atoms with E-state index in [2.05, 4.69) is 92.1 Å². The Hall–Kier alpha value is -1.63. The van der Waals surface area contributed by atoms with Crippen LogP contribution in [0, 0.1) is 24.7 Å². The summed E-state index contributed by atoms with van der Waals surface area (Å²) in [6, 6.07) is 2.30. The van der Waals surface area contributed by atoms with Gasteiger partial charge in [0.2, 0.25) is 0 Å². The first-order valence-electron chi connectivity index (χ1n) is 10.1. The van der Waals surface area contributed by atoms with Gasteiger partial charge in [0.05, 0.1) is 0 Å². The van der Waals surface area contributed by atoms with Gasteiger partial charge in [-0.25, -0.2) is 0 Å². The summed E-state index contributed by atoms with van der Waals surface area (Å²) in [5.74, 6) is 1.87. The van der Waals surface area contributed by atoms with Gasteiger partial charge in [-0.3, -0.25) is 4.98 Å². The van der Waals surface area contributed by atoms with Crippen molar-refractivity contribution in [3.63, 3.8) is 0 Å². The van der Waals surface area contributed by atoms with Crippen molar-refractivity contribution in [3.05, 3.63) is 64.5 Å². The maximum Gasteiger partial charge on any atom is 0.0403 e. The van der Waals surface area contributed by atoms with Crippen molar-refractivity contribution in [2.75, 3.05) is 0 Å². The van der Waals surface area contributed by atoms with E-state index in [0.29, 0.717) is 23.7 Å². The Morgan fingerprint density at radius 3 is 2.27 bits per heavy atom. The highest BCUT2D eigenvalue weighted by Gasteiger charge is 2.21. The smallest absolute Gasteiger partial charge is 0.0403 e. The molecule has 2 unspecified atom stereocenters. The van der Waals surface area contributed by atoms with Gasteiger partial charge in [0, 0.05) is 11.9 Å². The number of allylic oxidation sites excluding steroid dienone is 5. The predicted octanol–water partition coefficient (Wildman–Crippen LogP) is 7.43. The second-order valence-corrected chi connectivity index (χ2v) is 8.16. The molecule has 26 heavy (non-hydrogen) atoms. The molecule has 1 aromatic heterocycles. The van der Waals surface area contributed by atoms with E-state index >= 15 is 0 Å². The van der Waals surface area contributed by atoms with Crippen molar-refractivity contribution in [1.29, 1.82) is 0 Å². The topological polar surface area (TPSA) is 12.9 Å². The number of aryl methyl sites for hydroxylation is 2. The first kappa shape index (κ1) is 22.4. The minimum Gasteiger partial charge on any atom is -0.261 e. The van der Waals surface area contributed by atoms with Gasteiger partial charge in [-0.05, 0) is 79.2 Å². The molecule has 0 spiro atoms. The van der Waals surface area contributed by atoms with Crippen LogP contribution in [0.1, 0.15) is 78.1 Å². The molecular weight excluding hydrogens is 314 g/mol. The zero-order chi connectivity index (χ0) is 20.0. The lowest BCUT2D eigenvalue weighted by Gasteiger charge is -2.27. The molecule has 0 aliphatic rings. The van der Waals surface area contributed by atoms with Gasteiger partial charge in [-0.2, -0.15) is 0 Å².